The highest BCUT2D eigenvalue weighted by atomic mass is 32.2. The summed E-state index contributed by atoms with van der Waals surface area (Å²) in [7, 11) is 1.04. The fourth-order valence-electron chi connectivity index (χ4n) is 2.19. The predicted molar refractivity (Wildman–Crippen MR) is 92.6 cm³/mol. The molecular weight excluding hydrogens is 328 g/mol. The predicted octanol–water partition coefficient (Wildman–Crippen LogP) is 1.79. The third kappa shape index (κ3) is 3.43. The lowest BCUT2D eigenvalue weighted by atomic mass is 10.2. The van der Waals surface area contributed by atoms with Crippen LogP contribution < -0.4 is 4.72 Å². The van der Waals surface area contributed by atoms with Gasteiger partial charge in [-0.1, -0.05) is 19.1 Å². The van der Waals surface area contributed by atoms with Gasteiger partial charge in [0.05, 0.1) is 10.6 Å². The van der Waals surface area contributed by atoms with Gasteiger partial charge in [0.15, 0.2) is 5.69 Å². The molecule has 2 rings (SSSR count). The quantitative estimate of drug-likeness (QED) is 0.891. The average molecular weight is 350 g/mol. The summed E-state index contributed by atoms with van der Waals surface area (Å²) in [4.78, 5) is 13.8. The van der Waals surface area contributed by atoms with Gasteiger partial charge in [-0.25, -0.2) is 8.42 Å². The fraction of sp³-hybridized carbons (Fsp3) is 0.375. The largest absolute Gasteiger partial charge is 0.343 e. The summed E-state index contributed by atoms with van der Waals surface area (Å²) in [6, 6.07) is 6.66. The topological polar surface area (TPSA) is 84.3 Å². The van der Waals surface area contributed by atoms with E-state index in [0.717, 1.165) is 12.0 Å². The van der Waals surface area contributed by atoms with E-state index >= 15 is 0 Å². The van der Waals surface area contributed by atoms with Gasteiger partial charge in [-0.2, -0.15) is 5.10 Å². The van der Waals surface area contributed by atoms with E-state index < -0.39 is 10.0 Å². The Bertz CT molecular complexity index is 852. The van der Waals surface area contributed by atoms with Crippen molar-refractivity contribution in [3.8, 4) is 0 Å². The van der Waals surface area contributed by atoms with Crippen molar-refractivity contribution in [2.45, 2.75) is 25.2 Å². The van der Waals surface area contributed by atoms with Crippen LogP contribution in [0.4, 0.5) is 5.69 Å². The number of anilines is 1. The SMILES string of the molecule is CCc1ccc(S(=O)(=O)Nc2c(C(=O)N(C)C)nn(C)c2C)cc1. The van der Waals surface area contributed by atoms with Gasteiger partial charge in [0.1, 0.15) is 5.69 Å². The molecule has 8 heteroatoms. The molecular formula is C16H22N4O3S. The van der Waals surface area contributed by atoms with Crippen molar-refractivity contribution in [1.82, 2.24) is 14.7 Å². The third-order valence-electron chi connectivity index (χ3n) is 3.82. The molecule has 7 nitrogen and oxygen atoms in total. The van der Waals surface area contributed by atoms with E-state index in [1.807, 2.05) is 6.92 Å². The van der Waals surface area contributed by atoms with Crippen LogP contribution in [0.15, 0.2) is 29.2 Å². The van der Waals surface area contributed by atoms with Gasteiger partial charge in [-0.15, -0.1) is 0 Å². The van der Waals surface area contributed by atoms with Crippen LogP contribution in [0.3, 0.4) is 0 Å². The van der Waals surface area contributed by atoms with Crippen LogP contribution in [0.25, 0.3) is 0 Å². The van der Waals surface area contributed by atoms with Crippen molar-refractivity contribution >= 4 is 21.6 Å². The molecule has 130 valence electrons. The number of benzene rings is 1. The minimum Gasteiger partial charge on any atom is -0.343 e. The monoisotopic (exact) mass is 350 g/mol. The average Bonchev–Trinajstić information content (AvgIpc) is 2.82. The minimum absolute atomic E-state index is 0.0775. The molecule has 0 saturated heterocycles. The molecule has 2 aromatic rings. The second-order valence-corrected chi connectivity index (χ2v) is 7.42. The van der Waals surface area contributed by atoms with Gasteiger partial charge in [0.2, 0.25) is 0 Å². The molecule has 1 aromatic carbocycles. The number of amides is 1. The first kappa shape index (κ1) is 18.0. The van der Waals surface area contributed by atoms with Gasteiger partial charge in [0, 0.05) is 21.1 Å². The van der Waals surface area contributed by atoms with Crippen molar-refractivity contribution in [3.05, 3.63) is 41.2 Å². The van der Waals surface area contributed by atoms with E-state index in [1.165, 1.54) is 9.58 Å². The minimum atomic E-state index is -3.80. The van der Waals surface area contributed by atoms with Crippen LogP contribution in [0.5, 0.6) is 0 Å². The molecule has 0 aliphatic carbocycles. The molecule has 0 radical (unpaired) electrons. The maximum Gasteiger partial charge on any atom is 0.276 e. The number of hydrogen-bond donors (Lipinski definition) is 1. The number of hydrogen-bond acceptors (Lipinski definition) is 4. The lowest BCUT2D eigenvalue weighted by molar-refractivity contribution is 0.0822. The normalized spacial score (nSPS) is 11.4. The van der Waals surface area contributed by atoms with Crippen molar-refractivity contribution < 1.29 is 13.2 Å². The van der Waals surface area contributed by atoms with E-state index in [1.54, 1.807) is 52.3 Å². The second-order valence-electron chi connectivity index (χ2n) is 5.74. The smallest absolute Gasteiger partial charge is 0.276 e. The zero-order chi connectivity index (χ0) is 18.1. The van der Waals surface area contributed by atoms with Crippen molar-refractivity contribution in [2.75, 3.05) is 18.8 Å². The van der Waals surface area contributed by atoms with Crippen LogP contribution >= 0.6 is 0 Å². The molecule has 24 heavy (non-hydrogen) atoms. The molecule has 1 aromatic heterocycles. The van der Waals surface area contributed by atoms with Crippen molar-refractivity contribution in [3.63, 3.8) is 0 Å². The van der Waals surface area contributed by atoms with Crippen molar-refractivity contribution in [1.29, 1.82) is 0 Å². The number of nitrogens with one attached hydrogen (secondary N) is 1. The number of carbonyl (C=O) groups excluding carboxylic acids is 1. The lowest BCUT2D eigenvalue weighted by Gasteiger charge is -2.12. The summed E-state index contributed by atoms with van der Waals surface area (Å²) in [5, 5.41) is 4.14. The summed E-state index contributed by atoms with van der Waals surface area (Å²) in [5.41, 5.74) is 1.90. The van der Waals surface area contributed by atoms with Crippen molar-refractivity contribution in [2.24, 2.45) is 7.05 Å². The van der Waals surface area contributed by atoms with Crippen LogP contribution in [-0.2, 0) is 23.5 Å². The van der Waals surface area contributed by atoms with Crippen LogP contribution in [0.2, 0.25) is 0 Å². The molecule has 0 bridgehead atoms. The van der Waals surface area contributed by atoms with Gasteiger partial charge < -0.3 is 4.90 Å². The molecule has 0 fully saturated rings. The molecule has 1 amide bonds. The summed E-state index contributed by atoms with van der Waals surface area (Å²) in [6.07, 6.45) is 0.830. The van der Waals surface area contributed by atoms with Gasteiger partial charge >= 0.3 is 0 Å². The van der Waals surface area contributed by atoms with E-state index in [9.17, 15) is 13.2 Å². The first-order chi connectivity index (χ1) is 11.2. The number of sulfonamides is 1. The van der Waals surface area contributed by atoms with E-state index in [2.05, 4.69) is 9.82 Å². The molecule has 0 saturated carbocycles. The zero-order valence-corrected chi connectivity index (χ0v) is 15.3. The van der Waals surface area contributed by atoms with Gasteiger partial charge in [0.25, 0.3) is 15.9 Å². The molecule has 0 atom stereocenters. The number of rotatable bonds is 5. The maximum atomic E-state index is 12.6. The first-order valence-electron chi connectivity index (χ1n) is 7.54. The van der Waals surface area contributed by atoms with E-state index in [-0.39, 0.29) is 22.2 Å². The number of aryl methyl sites for hydroxylation is 2. The van der Waals surface area contributed by atoms with E-state index in [4.69, 9.17) is 0 Å². The van der Waals surface area contributed by atoms with Crippen LogP contribution in [-0.4, -0.2) is 43.1 Å². The highest BCUT2D eigenvalue weighted by Gasteiger charge is 2.25. The summed E-state index contributed by atoms with van der Waals surface area (Å²) < 4.78 is 29.3. The Morgan fingerprint density at radius 2 is 1.83 bits per heavy atom. The Labute approximate surface area is 142 Å². The Morgan fingerprint density at radius 1 is 1.25 bits per heavy atom. The zero-order valence-electron chi connectivity index (χ0n) is 14.5. The Kier molecular flexibility index (Phi) is 4.98. The number of nitrogens with zero attached hydrogens (tertiary/aromatic N) is 3. The maximum absolute atomic E-state index is 12.6. The van der Waals surface area contributed by atoms with Gasteiger partial charge in [-0.05, 0) is 31.0 Å². The molecule has 0 unspecified atom stereocenters. The molecule has 0 aliphatic heterocycles. The third-order valence-corrected chi connectivity index (χ3v) is 5.19. The Balaban J connectivity index is 2.44. The molecule has 1 N–H and O–H groups in total. The Hall–Kier alpha value is -2.35. The lowest BCUT2D eigenvalue weighted by Crippen LogP contribution is -2.24. The summed E-state index contributed by atoms with van der Waals surface area (Å²) in [5.74, 6) is -0.363. The Morgan fingerprint density at radius 3 is 2.33 bits per heavy atom. The summed E-state index contributed by atoms with van der Waals surface area (Å²) in [6.45, 7) is 3.71. The van der Waals surface area contributed by atoms with E-state index in [0.29, 0.717) is 5.69 Å². The van der Waals surface area contributed by atoms with Crippen LogP contribution in [0.1, 0.15) is 28.7 Å². The number of carbonyl (C=O) groups is 1. The highest BCUT2D eigenvalue weighted by molar-refractivity contribution is 7.92. The highest BCUT2D eigenvalue weighted by Crippen LogP contribution is 2.24. The molecule has 0 aliphatic rings. The number of aromatic nitrogens is 2. The fourth-order valence-corrected chi connectivity index (χ4v) is 3.31. The van der Waals surface area contributed by atoms with Gasteiger partial charge in [-0.3, -0.25) is 14.2 Å². The standard InChI is InChI=1S/C16H22N4O3S/c1-6-12-7-9-13(10-8-12)24(22,23)18-14-11(2)20(5)17-15(14)16(21)19(3)4/h7-10,18H,6H2,1-5H3. The summed E-state index contributed by atoms with van der Waals surface area (Å²) >= 11 is 0. The molecule has 0 spiro atoms. The second kappa shape index (κ2) is 6.64. The first-order valence-corrected chi connectivity index (χ1v) is 9.02. The van der Waals surface area contributed by atoms with Crippen LogP contribution in [0, 0.1) is 6.92 Å². The molecule has 1 heterocycles.